The average molecular weight is 340 g/mol. The molecule has 1 N–H and O–H groups in total. The van der Waals surface area contributed by atoms with E-state index in [4.69, 9.17) is 14.6 Å². The number of rotatable bonds is 12. The molecule has 0 fully saturated rings. The van der Waals surface area contributed by atoms with E-state index in [2.05, 4.69) is 24.5 Å². The number of ketones is 1. The SMILES string of the molecule is C=CC(=O)CC(COC(=O)C=C)C(COC(=O)O)COC(=O)C=C. The molecule has 0 aromatic rings. The van der Waals surface area contributed by atoms with Gasteiger partial charge < -0.3 is 19.3 Å². The van der Waals surface area contributed by atoms with Crippen LogP contribution in [0, 0.1) is 11.8 Å². The van der Waals surface area contributed by atoms with E-state index in [-0.39, 0.29) is 32.0 Å². The van der Waals surface area contributed by atoms with Gasteiger partial charge in [0.2, 0.25) is 0 Å². The fraction of sp³-hybridized carbons (Fsp3) is 0.375. The highest BCUT2D eigenvalue weighted by atomic mass is 16.7. The third-order valence-electron chi connectivity index (χ3n) is 2.99. The molecule has 0 aromatic carbocycles. The zero-order chi connectivity index (χ0) is 18.5. The first-order valence-corrected chi connectivity index (χ1v) is 6.93. The normalized spacial score (nSPS) is 12.2. The molecule has 2 unspecified atom stereocenters. The second-order valence-corrected chi connectivity index (χ2v) is 4.64. The van der Waals surface area contributed by atoms with E-state index < -0.39 is 29.9 Å². The summed E-state index contributed by atoms with van der Waals surface area (Å²) in [6, 6.07) is 0. The topological polar surface area (TPSA) is 116 Å². The third-order valence-corrected chi connectivity index (χ3v) is 2.99. The van der Waals surface area contributed by atoms with E-state index in [1.54, 1.807) is 0 Å². The van der Waals surface area contributed by atoms with Gasteiger partial charge in [0.1, 0.15) is 6.61 Å². The van der Waals surface area contributed by atoms with Crippen LogP contribution in [0.3, 0.4) is 0 Å². The van der Waals surface area contributed by atoms with Crippen molar-refractivity contribution in [3.8, 4) is 0 Å². The van der Waals surface area contributed by atoms with Crippen molar-refractivity contribution < 1.29 is 38.5 Å². The fourth-order valence-corrected chi connectivity index (χ4v) is 1.70. The van der Waals surface area contributed by atoms with E-state index in [1.807, 2.05) is 0 Å². The van der Waals surface area contributed by atoms with Gasteiger partial charge in [0.25, 0.3) is 0 Å². The lowest BCUT2D eigenvalue weighted by molar-refractivity contribution is -0.145. The molecule has 0 saturated heterocycles. The Bertz CT molecular complexity index is 508. The number of carboxylic acid groups (broad SMARTS) is 1. The molecule has 0 amide bonds. The zero-order valence-electron chi connectivity index (χ0n) is 13.1. The quantitative estimate of drug-likeness (QED) is 0.323. The number of carbonyl (C=O) groups excluding carboxylic acids is 3. The second-order valence-electron chi connectivity index (χ2n) is 4.64. The van der Waals surface area contributed by atoms with Gasteiger partial charge in [0.05, 0.1) is 13.2 Å². The largest absolute Gasteiger partial charge is 0.505 e. The molecular formula is C16H20O8. The standard InChI is InChI=1S/C16H20O8/c1-4-13(17)7-11(8-22-14(18)5-2)12(10-24-16(20)21)9-23-15(19)6-3/h4-6,11-12H,1-3,7-10H2,(H,20,21). The number of esters is 2. The Morgan fingerprint density at radius 3 is 1.67 bits per heavy atom. The molecule has 2 atom stereocenters. The Labute approximate surface area is 139 Å². The lowest BCUT2D eigenvalue weighted by Crippen LogP contribution is -2.32. The lowest BCUT2D eigenvalue weighted by atomic mass is 9.89. The molecule has 0 aliphatic heterocycles. The van der Waals surface area contributed by atoms with Crippen LogP contribution in [0.1, 0.15) is 6.42 Å². The molecule has 24 heavy (non-hydrogen) atoms. The Morgan fingerprint density at radius 2 is 1.25 bits per heavy atom. The second kappa shape index (κ2) is 11.6. The van der Waals surface area contributed by atoms with Crippen molar-refractivity contribution in [2.45, 2.75) is 6.42 Å². The number of hydrogen-bond acceptors (Lipinski definition) is 7. The number of hydrogen-bond donors (Lipinski definition) is 1. The van der Waals surface area contributed by atoms with E-state index in [0.29, 0.717) is 0 Å². The molecule has 0 saturated carbocycles. The van der Waals surface area contributed by atoms with Crippen LogP contribution in [0.4, 0.5) is 4.79 Å². The number of ether oxygens (including phenoxy) is 3. The smallest absolute Gasteiger partial charge is 0.462 e. The summed E-state index contributed by atoms with van der Waals surface area (Å²) in [6.45, 7) is 9.05. The average Bonchev–Trinajstić information content (AvgIpc) is 2.57. The summed E-state index contributed by atoms with van der Waals surface area (Å²) in [7, 11) is 0. The van der Waals surface area contributed by atoms with Crippen LogP contribution in [0.2, 0.25) is 0 Å². The van der Waals surface area contributed by atoms with E-state index in [9.17, 15) is 19.2 Å². The lowest BCUT2D eigenvalue weighted by Gasteiger charge is -2.25. The van der Waals surface area contributed by atoms with Crippen LogP contribution in [-0.4, -0.2) is 48.8 Å². The number of carbonyl (C=O) groups is 4. The van der Waals surface area contributed by atoms with Gasteiger partial charge in [-0.15, -0.1) is 0 Å². The number of allylic oxidation sites excluding steroid dienone is 1. The first kappa shape index (κ1) is 21.1. The van der Waals surface area contributed by atoms with Crippen molar-refractivity contribution in [3.05, 3.63) is 38.0 Å². The zero-order valence-corrected chi connectivity index (χ0v) is 13.1. The molecule has 0 rings (SSSR count). The Kier molecular flexibility index (Phi) is 10.2. The van der Waals surface area contributed by atoms with Crippen molar-refractivity contribution >= 4 is 23.9 Å². The van der Waals surface area contributed by atoms with Gasteiger partial charge in [0, 0.05) is 30.4 Å². The summed E-state index contributed by atoms with van der Waals surface area (Å²) in [4.78, 5) is 44.6. The molecule has 0 aliphatic carbocycles. The van der Waals surface area contributed by atoms with Crippen LogP contribution >= 0.6 is 0 Å². The maximum atomic E-state index is 11.6. The summed E-state index contributed by atoms with van der Waals surface area (Å²) in [5.74, 6) is -3.10. The molecule has 132 valence electrons. The van der Waals surface area contributed by atoms with Gasteiger partial charge in [-0.1, -0.05) is 19.7 Å². The van der Waals surface area contributed by atoms with Crippen molar-refractivity contribution in [2.75, 3.05) is 19.8 Å². The van der Waals surface area contributed by atoms with Crippen molar-refractivity contribution in [3.63, 3.8) is 0 Å². The van der Waals surface area contributed by atoms with Crippen LogP contribution in [0.5, 0.6) is 0 Å². The highest BCUT2D eigenvalue weighted by Gasteiger charge is 2.27. The monoisotopic (exact) mass is 340 g/mol. The van der Waals surface area contributed by atoms with Gasteiger partial charge in [0.15, 0.2) is 5.78 Å². The van der Waals surface area contributed by atoms with Crippen molar-refractivity contribution in [1.29, 1.82) is 0 Å². The minimum absolute atomic E-state index is 0.0901. The summed E-state index contributed by atoms with van der Waals surface area (Å²) in [5.41, 5.74) is 0. The molecule has 0 radical (unpaired) electrons. The molecular weight excluding hydrogens is 320 g/mol. The Hall–Kier alpha value is -2.90. The molecule has 0 spiro atoms. The molecule has 8 nitrogen and oxygen atoms in total. The van der Waals surface area contributed by atoms with Crippen LogP contribution in [-0.2, 0) is 28.6 Å². The first-order chi connectivity index (χ1) is 11.3. The maximum Gasteiger partial charge on any atom is 0.505 e. The predicted octanol–water partition coefficient (Wildman–Crippen LogP) is 1.52. The summed E-state index contributed by atoms with van der Waals surface area (Å²) in [6.07, 6.45) is 1.37. The fourth-order valence-electron chi connectivity index (χ4n) is 1.70. The molecule has 0 aliphatic rings. The van der Waals surface area contributed by atoms with Gasteiger partial charge in [-0.05, 0) is 6.08 Å². The highest BCUT2D eigenvalue weighted by molar-refractivity contribution is 5.89. The minimum atomic E-state index is -1.52. The van der Waals surface area contributed by atoms with Crippen molar-refractivity contribution in [1.82, 2.24) is 0 Å². The first-order valence-electron chi connectivity index (χ1n) is 6.93. The minimum Gasteiger partial charge on any atom is -0.462 e. The van der Waals surface area contributed by atoms with Crippen LogP contribution < -0.4 is 0 Å². The molecule has 8 heteroatoms. The Morgan fingerprint density at radius 1 is 0.792 bits per heavy atom. The van der Waals surface area contributed by atoms with E-state index in [1.165, 1.54) is 0 Å². The van der Waals surface area contributed by atoms with Gasteiger partial charge in [-0.25, -0.2) is 14.4 Å². The van der Waals surface area contributed by atoms with Crippen LogP contribution in [0.25, 0.3) is 0 Å². The van der Waals surface area contributed by atoms with E-state index >= 15 is 0 Å². The van der Waals surface area contributed by atoms with Crippen molar-refractivity contribution in [2.24, 2.45) is 11.8 Å². The Balaban J connectivity index is 5.11. The highest BCUT2D eigenvalue weighted by Crippen LogP contribution is 2.20. The molecule has 0 bridgehead atoms. The predicted molar refractivity (Wildman–Crippen MR) is 83.1 cm³/mol. The maximum absolute atomic E-state index is 11.6. The van der Waals surface area contributed by atoms with Gasteiger partial charge in [-0.3, -0.25) is 4.79 Å². The summed E-state index contributed by atoms with van der Waals surface area (Å²) < 4.78 is 14.3. The third kappa shape index (κ3) is 9.19. The summed E-state index contributed by atoms with van der Waals surface area (Å²) in [5, 5.41) is 8.62. The van der Waals surface area contributed by atoms with Gasteiger partial charge in [-0.2, -0.15) is 0 Å². The van der Waals surface area contributed by atoms with E-state index in [0.717, 1.165) is 18.2 Å². The molecule has 0 heterocycles. The van der Waals surface area contributed by atoms with Crippen LogP contribution in [0.15, 0.2) is 38.0 Å². The summed E-state index contributed by atoms with van der Waals surface area (Å²) >= 11 is 0. The molecule has 0 aromatic heterocycles. The van der Waals surface area contributed by atoms with Gasteiger partial charge >= 0.3 is 18.1 Å².